The van der Waals surface area contributed by atoms with Gasteiger partial charge in [0.05, 0.1) is 6.61 Å². The number of carbonyl (C=O) groups excluding carboxylic acids is 1. The molecule has 1 saturated carbocycles. The number of nitrogens with zero attached hydrogens (tertiary/aromatic N) is 1. The summed E-state index contributed by atoms with van der Waals surface area (Å²) in [5, 5.41) is 0. The van der Waals surface area contributed by atoms with E-state index in [0.717, 1.165) is 45.1 Å². The van der Waals surface area contributed by atoms with Crippen LogP contribution in [0.5, 0.6) is 0 Å². The van der Waals surface area contributed by atoms with Crippen molar-refractivity contribution in [1.29, 1.82) is 0 Å². The van der Waals surface area contributed by atoms with Crippen LogP contribution in [0.4, 0.5) is 4.79 Å². The maximum absolute atomic E-state index is 12.0. The molecule has 1 aliphatic heterocycles. The van der Waals surface area contributed by atoms with Crippen molar-refractivity contribution in [2.75, 3.05) is 26.3 Å². The standard InChI is InChI=1S/C17H31NO3/c1-16(2,3)21-15(19)18-10-8-17(4,9-11-18)13-20-12-14-6-5-7-14/h14H,5-13H2,1-4H3. The molecule has 1 saturated heterocycles. The topological polar surface area (TPSA) is 38.8 Å². The lowest BCUT2D eigenvalue weighted by Crippen LogP contribution is -2.45. The largest absolute Gasteiger partial charge is 0.444 e. The molecule has 2 rings (SSSR count). The van der Waals surface area contributed by atoms with Crippen LogP contribution >= 0.6 is 0 Å². The van der Waals surface area contributed by atoms with Gasteiger partial charge in [0, 0.05) is 19.7 Å². The van der Waals surface area contributed by atoms with E-state index in [1.54, 1.807) is 0 Å². The van der Waals surface area contributed by atoms with Crippen molar-refractivity contribution >= 4 is 6.09 Å². The number of hydrogen-bond acceptors (Lipinski definition) is 3. The predicted molar refractivity (Wildman–Crippen MR) is 83.3 cm³/mol. The van der Waals surface area contributed by atoms with Gasteiger partial charge in [0.2, 0.25) is 0 Å². The maximum Gasteiger partial charge on any atom is 0.410 e. The van der Waals surface area contributed by atoms with Gasteiger partial charge in [0.1, 0.15) is 5.60 Å². The highest BCUT2D eigenvalue weighted by Gasteiger charge is 2.34. The van der Waals surface area contributed by atoms with Crippen LogP contribution in [0.1, 0.15) is 59.8 Å². The summed E-state index contributed by atoms with van der Waals surface area (Å²) in [5.41, 5.74) is -0.202. The average molecular weight is 297 g/mol. The Morgan fingerprint density at radius 2 is 1.86 bits per heavy atom. The zero-order valence-corrected chi connectivity index (χ0v) is 14.1. The summed E-state index contributed by atoms with van der Waals surface area (Å²) >= 11 is 0. The zero-order chi connectivity index (χ0) is 15.5. The third-order valence-electron chi connectivity index (χ3n) is 4.65. The van der Waals surface area contributed by atoms with Gasteiger partial charge in [-0.15, -0.1) is 0 Å². The Morgan fingerprint density at radius 3 is 2.33 bits per heavy atom. The Labute approximate surface area is 129 Å². The van der Waals surface area contributed by atoms with Crippen molar-refractivity contribution < 1.29 is 14.3 Å². The van der Waals surface area contributed by atoms with E-state index >= 15 is 0 Å². The fourth-order valence-corrected chi connectivity index (χ4v) is 2.83. The highest BCUT2D eigenvalue weighted by atomic mass is 16.6. The van der Waals surface area contributed by atoms with Crippen LogP contribution < -0.4 is 0 Å². The molecular weight excluding hydrogens is 266 g/mol. The van der Waals surface area contributed by atoms with Crippen molar-refractivity contribution in [3.63, 3.8) is 0 Å². The second-order valence-electron chi connectivity index (χ2n) is 8.09. The number of likely N-dealkylation sites (tertiary alicyclic amines) is 1. The van der Waals surface area contributed by atoms with Gasteiger partial charge in [-0.1, -0.05) is 13.3 Å². The van der Waals surface area contributed by atoms with Gasteiger partial charge >= 0.3 is 6.09 Å². The van der Waals surface area contributed by atoms with Gasteiger partial charge in [0.25, 0.3) is 0 Å². The van der Waals surface area contributed by atoms with Crippen molar-refractivity contribution in [3.05, 3.63) is 0 Å². The fourth-order valence-electron chi connectivity index (χ4n) is 2.83. The number of hydrogen-bond donors (Lipinski definition) is 0. The molecule has 122 valence electrons. The van der Waals surface area contributed by atoms with E-state index in [2.05, 4.69) is 6.92 Å². The molecule has 0 spiro atoms. The van der Waals surface area contributed by atoms with Crippen molar-refractivity contribution in [2.45, 2.75) is 65.4 Å². The lowest BCUT2D eigenvalue weighted by atomic mass is 9.81. The molecule has 0 aromatic rings. The van der Waals surface area contributed by atoms with Crippen molar-refractivity contribution in [3.8, 4) is 0 Å². The summed E-state index contributed by atoms with van der Waals surface area (Å²) in [6.07, 6.45) is 5.86. The Bertz CT molecular complexity index is 350. The summed E-state index contributed by atoms with van der Waals surface area (Å²) in [6.45, 7) is 11.3. The summed E-state index contributed by atoms with van der Waals surface area (Å²) in [4.78, 5) is 13.9. The molecule has 0 atom stereocenters. The molecule has 1 heterocycles. The minimum absolute atomic E-state index is 0.181. The van der Waals surface area contributed by atoms with E-state index in [-0.39, 0.29) is 11.5 Å². The van der Waals surface area contributed by atoms with E-state index in [4.69, 9.17) is 9.47 Å². The zero-order valence-electron chi connectivity index (χ0n) is 14.1. The van der Waals surface area contributed by atoms with Gasteiger partial charge in [-0.3, -0.25) is 0 Å². The van der Waals surface area contributed by atoms with Crippen LogP contribution in [-0.2, 0) is 9.47 Å². The van der Waals surface area contributed by atoms with Crippen LogP contribution in [0, 0.1) is 11.3 Å². The molecule has 0 aromatic carbocycles. The third kappa shape index (κ3) is 5.17. The van der Waals surface area contributed by atoms with Crippen LogP contribution in [0.3, 0.4) is 0 Å². The molecule has 2 aliphatic rings. The highest BCUT2D eigenvalue weighted by molar-refractivity contribution is 5.68. The van der Waals surface area contributed by atoms with Gasteiger partial charge in [-0.25, -0.2) is 4.79 Å². The summed E-state index contributed by atoms with van der Waals surface area (Å²) < 4.78 is 11.4. The molecule has 0 radical (unpaired) electrons. The minimum atomic E-state index is -0.413. The first-order valence-electron chi connectivity index (χ1n) is 8.33. The molecule has 2 fully saturated rings. The van der Waals surface area contributed by atoms with E-state index in [1.165, 1.54) is 19.3 Å². The van der Waals surface area contributed by atoms with E-state index in [1.807, 2.05) is 25.7 Å². The first-order chi connectivity index (χ1) is 9.77. The molecule has 0 unspecified atom stereocenters. The normalized spacial score (nSPS) is 22.8. The smallest absolute Gasteiger partial charge is 0.410 e. The van der Waals surface area contributed by atoms with E-state index in [9.17, 15) is 4.79 Å². The monoisotopic (exact) mass is 297 g/mol. The van der Waals surface area contributed by atoms with Gasteiger partial charge in [-0.05, 0) is 57.8 Å². The number of ether oxygens (including phenoxy) is 2. The second-order valence-corrected chi connectivity index (χ2v) is 8.09. The Kier molecular flexibility index (Phi) is 5.18. The van der Waals surface area contributed by atoms with Gasteiger partial charge < -0.3 is 14.4 Å². The lowest BCUT2D eigenvalue weighted by Gasteiger charge is -2.40. The number of rotatable bonds is 4. The number of carbonyl (C=O) groups is 1. The van der Waals surface area contributed by atoms with Crippen LogP contribution in [-0.4, -0.2) is 42.9 Å². The summed E-state index contributed by atoms with van der Waals surface area (Å²) in [7, 11) is 0. The van der Waals surface area contributed by atoms with E-state index < -0.39 is 5.60 Å². The first kappa shape index (κ1) is 16.6. The first-order valence-corrected chi connectivity index (χ1v) is 8.33. The predicted octanol–water partition coefficient (Wildman–Crippen LogP) is 3.84. The molecule has 1 aliphatic carbocycles. The van der Waals surface area contributed by atoms with Crippen LogP contribution in [0.2, 0.25) is 0 Å². The molecule has 0 aromatic heterocycles. The second kappa shape index (κ2) is 6.55. The Hall–Kier alpha value is -0.770. The van der Waals surface area contributed by atoms with Crippen LogP contribution in [0.15, 0.2) is 0 Å². The lowest BCUT2D eigenvalue weighted by molar-refractivity contribution is -0.0218. The molecule has 4 heteroatoms. The Morgan fingerprint density at radius 1 is 1.24 bits per heavy atom. The number of piperidine rings is 1. The summed E-state index contributed by atoms with van der Waals surface area (Å²) in [5.74, 6) is 0.801. The number of amides is 1. The SMILES string of the molecule is CC1(COCC2CCC2)CCN(C(=O)OC(C)(C)C)CC1. The highest BCUT2D eigenvalue weighted by Crippen LogP contribution is 2.33. The minimum Gasteiger partial charge on any atom is -0.444 e. The van der Waals surface area contributed by atoms with Gasteiger partial charge in [0.15, 0.2) is 0 Å². The quantitative estimate of drug-likeness (QED) is 0.791. The molecule has 4 nitrogen and oxygen atoms in total. The molecule has 0 bridgehead atoms. The maximum atomic E-state index is 12.0. The molecule has 1 amide bonds. The third-order valence-corrected chi connectivity index (χ3v) is 4.65. The van der Waals surface area contributed by atoms with Crippen LogP contribution in [0.25, 0.3) is 0 Å². The van der Waals surface area contributed by atoms with Crippen molar-refractivity contribution in [1.82, 2.24) is 4.90 Å². The fraction of sp³-hybridized carbons (Fsp3) is 0.941. The summed E-state index contributed by atoms with van der Waals surface area (Å²) in [6, 6.07) is 0. The van der Waals surface area contributed by atoms with Gasteiger partial charge in [-0.2, -0.15) is 0 Å². The van der Waals surface area contributed by atoms with E-state index in [0.29, 0.717) is 0 Å². The molecular formula is C17H31NO3. The molecule has 0 N–H and O–H groups in total. The average Bonchev–Trinajstić information content (AvgIpc) is 2.31. The molecule has 21 heavy (non-hydrogen) atoms. The van der Waals surface area contributed by atoms with Crippen molar-refractivity contribution in [2.24, 2.45) is 11.3 Å². The Balaban J connectivity index is 1.69.